The number of thioether (sulfide) groups is 1. The van der Waals surface area contributed by atoms with Crippen molar-refractivity contribution in [3.05, 3.63) is 89.3 Å². The van der Waals surface area contributed by atoms with Crippen molar-refractivity contribution in [3.63, 3.8) is 0 Å². The maximum absolute atomic E-state index is 13.1. The molecule has 4 aromatic rings. The predicted molar refractivity (Wildman–Crippen MR) is 122 cm³/mol. The van der Waals surface area contributed by atoms with Crippen LogP contribution in [0.3, 0.4) is 0 Å². The van der Waals surface area contributed by atoms with Crippen molar-refractivity contribution in [2.45, 2.75) is 18.2 Å². The molecule has 0 aliphatic carbocycles. The molecule has 0 saturated heterocycles. The van der Waals surface area contributed by atoms with Gasteiger partial charge in [-0.2, -0.15) is 0 Å². The van der Waals surface area contributed by atoms with Crippen LogP contribution in [0, 0.1) is 0 Å². The quantitative estimate of drug-likeness (QED) is 0.372. The average Bonchev–Trinajstić information content (AvgIpc) is 3.43. The van der Waals surface area contributed by atoms with Crippen LogP contribution in [0.4, 0.5) is 0 Å². The maximum Gasteiger partial charge on any atom is 0.233 e. The van der Waals surface area contributed by atoms with Gasteiger partial charge in [-0.05, 0) is 22.6 Å². The number of aromatic nitrogens is 3. The van der Waals surface area contributed by atoms with Crippen LogP contribution in [0.5, 0.6) is 0 Å². The Hall–Kier alpha value is -2.90. The number of amides is 1. The molecule has 0 atom stereocenters. The molecule has 2 aromatic carbocycles. The Balaban J connectivity index is 1.46. The highest BCUT2D eigenvalue weighted by Gasteiger charge is 2.18. The number of thiophene rings is 1. The largest absolute Gasteiger partial charge is 0.333 e. The minimum absolute atomic E-state index is 0.0772. The molecule has 0 N–H and O–H groups in total. The average molecular weight is 435 g/mol. The predicted octanol–water partition coefficient (Wildman–Crippen LogP) is 4.86. The highest BCUT2D eigenvalue weighted by Crippen LogP contribution is 2.26. The first-order valence-corrected chi connectivity index (χ1v) is 11.5. The van der Waals surface area contributed by atoms with E-state index in [2.05, 4.69) is 10.2 Å². The molecule has 2 heterocycles. The van der Waals surface area contributed by atoms with Gasteiger partial charge in [0.05, 0.1) is 10.6 Å². The van der Waals surface area contributed by atoms with E-state index in [4.69, 9.17) is 0 Å². The maximum atomic E-state index is 13.1. The van der Waals surface area contributed by atoms with E-state index in [1.807, 2.05) is 94.7 Å². The molecule has 0 aliphatic heterocycles. The van der Waals surface area contributed by atoms with Crippen LogP contribution < -0.4 is 0 Å². The van der Waals surface area contributed by atoms with Gasteiger partial charge in [-0.1, -0.05) is 78.5 Å². The number of benzene rings is 2. The lowest BCUT2D eigenvalue weighted by atomic mass is 10.1. The fourth-order valence-electron chi connectivity index (χ4n) is 3.12. The third kappa shape index (κ3) is 4.98. The monoisotopic (exact) mass is 434 g/mol. The summed E-state index contributed by atoms with van der Waals surface area (Å²) in [5.74, 6) is 1.22. The number of hydrogen-bond donors (Lipinski definition) is 0. The van der Waals surface area contributed by atoms with Crippen molar-refractivity contribution in [1.29, 1.82) is 0 Å². The minimum atomic E-state index is 0.0772. The zero-order chi connectivity index (χ0) is 20.8. The van der Waals surface area contributed by atoms with E-state index in [1.54, 1.807) is 11.3 Å². The second kappa shape index (κ2) is 9.73. The first-order valence-electron chi connectivity index (χ1n) is 9.62. The number of carbonyl (C=O) groups is 1. The van der Waals surface area contributed by atoms with Crippen LogP contribution in [-0.4, -0.2) is 31.3 Å². The summed E-state index contributed by atoms with van der Waals surface area (Å²) in [5.41, 5.74) is 2.23. The van der Waals surface area contributed by atoms with Gasteiger partial charge in [0, 0.05) is 20.1 Å². The van der Waals surface area contributed by atoms with E-state index in [-0.39, 0.29) is 5.91 Å². The molecule has 4 rings (SSSR count). The van der Waals surface area contributed by atoms with Crippen molar-refractivity contribution >= 4 is 29.0 Å². The van der Waals surface area contributed by atoms with Crippen molar-refractivity contribution in [3.8, 4) is 10.7 Å². The van der Waals surface area contributed by atoms with E-state index in [0.717, 1.165) is 27.0 Å². The van der Waals surface area contributed by atoms with Crippen molar-refractivity contribution in [2.24, 2.45) is 7.05 Å². The second-order valence-corrected chi connectivity index (χ2v) is 8.74. The molecule has 0 radical (unpaired) electrons. The van der Waals surface area contributed by atoms with Crippen molar-refractivity contribution < 1.29 is 4.79 Å². The molecular weight excluding hydrogens is 412 g/mol. The molecule has 0 bridgehead atoms. The Morgan fingerprint density at radius 1 is 0.933 bits per heavy atom. The van der Waals surface area contributed by atoms with Gasteiger partial charge >= 0.3 is 0 Å². The number of nitrogens with zero attached hydrogens (tertiary/aromatic N) is 4. The van der Waals surface area contributed by atoms with Gasteiger partial charge in [0.1, 0.15) is 0 Å². The summed E-state index contributed by atoms with van der Waals surface area (Å²) in [6, 6.07) is 24.2. The SMILES string of the molecule is Cn1c(SCC(=O)N(Cc2ccccc2)Cc2ccccc2)nnc1-c1cccs1. The van der Waals surface area contributed by atoms with Crippen LogP contribution in [0.1, 0.15) is 11.1 Å². The zero-order valence-corrected chi connectivity index (χ0v) is 18.3. The van der Waals surface area contributed by atoms with Crippen LogP contribution in [0.15, 0.2) is 83.3 Å². The summed E-state index contributed by atoms with van der Waals surface area (Å²) in [7, 11) is 1.94. The van der Waals surface area contributed by atoms with Crippen LogP contribution in [0.2, 0.25) is 0 Å². The molecule has 0 unspecified atom stereocenters. The second-order valence-electron chi connectivity index (χ2n) is 6.85. The zero-order valence-electron chi connectivity index (χ0n) is 16.6. The molecule has 1 amide bonds. The highest BCUT2D eigenvalue weighted by atomic mass is 32.2. The molecule has 2 aromatic heterocycles. The van der Waals surface area contributed by atoms with Gasteiger partial charge in [-0.15, -0.1) is 21.5 Å². The molecule has 0 fully saturated rings. The summed E-state index contributed by atoms with van der Waals surface area (Å²) >= 11 is 3.05. The van der Waals surface area contributed by atoms with Crippen molar-refractivity contribution in [2.75, 3.05) is 5.75 Å². The van der Waals surface area contributed by atoms with Crippen LogP contribution in [-0.2, 0) is 24.9 Å². The Kier molecular flexibility index (Phi) is 6.61. The number of carbonyl (C=O) groups excluding carboxylic acids is 1. The number of hydrogen-bond acceptors (Lipinski definition) is 5. The van der Waals surface area contributed by atoms with E-state index in [1.165, 1.54) is 11.8 Å². The Bertz CT molecular complexity index is 1040. The summed E-state index contributed by atoms with van der Waals surface area (Å²) in [5, 5.41) is 11.3. The molecule has 5 nitrogen and oxygen atoms in total. The lowest BCUT2D eigenvalue weighted by Crippen LogP contribution is -2.31. The minimum Gasteiger partial charge on any atom is -0.333 e. The van der Waals surface area contributed by atoms with E-state index in [9.17, 15) is 4.79 Å². The first-order chi connectivity index (χ1) is 14.7. The summed E-state index contributed by atoms with van der Waals surface area (Å²) in [6.45, 7) is 1.16. The van der Waals surface area contributed by atoms with Gasteiger partial charge < -0.3 is 9.47 Å². The Labute approximate surface area is 184 Å². The topological polar surface area (TPSA) is 51.0 Å². The molecule has 0 spiro atoms. The summed E-state index contributed by atoms with van der Waals surface area (Å²) in [4.78, 5) is 16.1. The smallest absolute Gasteiger partial charge is 0.233 e. The Morgan fingerprint density at radius 3 is 2.13 bits per heavy atom. The lowest BCUT2D eigenvalue weighted by molar-refractivity contribution is -0.129. The van der Waals surface area contributed by atoms with Gasteiger partial charge in [0.25, 0.3) is 0 Å². The van der Waals surface area contributed by atoms with Gasteiger partial charge in [-0.25, -0.2) is 0 Å². The summed E-state index contributed by atoms with van der Waals surface area (Å²) < 4.78 is 1.95. The third-order valence-electron chi connectivity index (χ3n) is 4.69. The van der Waals surface area contributed by atoms with Gasteiger partial charge in [-0.3, -0.25) is 4.79 Å². The Morgan fingerprint density at radius 2 is 1.57 bits per heavy atom. The fourth-order valence-corrected chi connectivity index (χ4v) is 4.68. The highest BCUT2D eigenvalue weighted by molar-refractivity contribution is 7.99. The number of rotatable bonds is 8. The van der Waals surface area contributed by atoms with Crippen LogP contribution in [0.25, 0.3) is 10.7 Å². The fraction of sp³-hybridized carbons (Fsp3) is 0.174. The van der Waals surface area contributed by atoms with E-state index in [0.29, 0.717) is 18.8 Å². The molecule has 7 heteroatoms. The lowest BCUT2D eigenvalue weighted by Gasteiger charge is -2.23. The van der Waals surface area contributed by atoms with E-state index < -0.39 is 0 Å². The van der Waals surface area contributed by atoms with Crippen molar-refractivity contribution in [1.82, 2.24) is 19.7 Å². The molecule has 0 aliphatic rings. The molecule has 0 saturated carbocycles. The van der Waals surface area contributed by atoms with Gasteiger partial charge in [0.2, 0.25) is 5.91 Å². The summed E-state index contributed by atoms with van der Waals surface area (Å²) in [6.07, 6.45) is 0. The van der Waals surface area contributed by atoms with Gasteiger partial charge in [0.15, 0.2) is 11.0 Å². The third-order valence-corrected chi connectivity index (χ3v) is 6.56. The van der Waals surface area contributed by atoms with E-state index >= 15 is 0 Å². The standard InChI is InChI=1S/C23H22N4OS2/c1-26-22(20-13-8-14-29-20)24-25-23(26)30-17-21(28)27(15-18-9-4-2-5-10-18)16-19-11-6-3-7-12-19/h2-14H,15-17H2,1H3. The molecular formula is C23H22N4OS2. The first kappa shape index (κ1) is 20.4. The normalized spacial score (nSPS) is 10.8. The molecule has 30 heavy (non-hydrogen) atoms. The molecule has 152 valence electrons. The van der Waals surface area contributed by atoms with Crippen LogP contribution >= 0.6 is 23.1 Å².